The summed E-state index contributed by atoms with van der Waals surface area (Å²) in [7, 11) is 5.22. The molecule has 0 amide bonds. The van der Waals surface area contributed by atoms with E-state index >= 15 is 0 Å². The van der Waals surface area contributed by atoms with E-state index in [4.69, 9.17) is 4.74 Å². The summed E-state index contributed by atoms with van der Waals surface area (Å²) in [4.78, 5) is 6.15. The molecule has 0 aliphatic carbocycles. The van der Waals surface area contributed by atoms with Crippen LogP contribution in [0.15, 0.2) is 29.3 Å². The van der Waals surface area contributed by atoms with Crippen molar-refractivity contribution in [1.29, 1.82) is 0 Å². The van der Waals surface area contributed by atoms with Crippen LogP contribution in [0.3, 0.4) is 0 Å². The van der Waals surface area contributed by atoms with Crippen molar-refractivity contribution in [3.8, 4) is 5.75 Å². The van der Waals surface area contributed by atoms with Gasteiger partial charge < -0.3 is 25.0 Å². The Morgan fingerprint density at radius 3 is 2.56 bits per heavy atom. The van der Waals surface area contributed by atoms with E-state index in [9.17, 15) is 13.2 Å². The highest BCUT2D eigenvalue weighted by atomic mass is 19.4. The van der Waals surface area contributed by atoms with E-state index in [1.807, 2.05) is 7.05 Å². The number of nitrogens with zero attached hydrogens (tertiary/aromatic N) is 2. The maximum absolute atomic E-state index is 12.4. The van der Waals surface area contributed by atoms with Crippen molar-refractivity contribution in [2.75, 3.05) is 47.4 Å². The van der Waals surface area contributed by atoms with Crippen molar-refractivity contribution in [2.45, 2.75) is 12.9 Å². The molecule has 1 aromatic carbocycles. The topological polar surface area (TPSA) is 58.1 Å². The predicted molar refractivity (Wildman–Crippen MR) is 90.7 cm³/mol. The summed E-state index contributed by atoms with van der Waals surface area (Å²) in [5.41, 5.74) is 0.389. The van der Waals surface area contributed by atoms with Gasteiger partial charge in [-0.05, 0) is 13.1 Å². The summed E-state index contributed by atoms with van der Waals surface area (Å²) >= 11 is 0. The van der Waals surface area contributed by atoms with Crippen LogP contribution in [-0.4, -0.2) is 64.7 Å². The number of aliphatic imine (C=N–C) groups is 1. The van der Waals surface area contributed by atoms with E-state index in [0.717, 1.165) is 13.1 Å². The number of hydrogen-bond donors (Lipinski definition) is 2. The largest absolute Gasteiger partial charge is 0.573 e. The van der Waals surface area contributed by atoms with Gasteiger partial charge in [-0.25, -0.2) is 0 Å². The summed E-state index contributed by atoms with van der Waals surface area (Å²) < 4.78 is 46.3. The molecule has 1 aromatic rings. The molecule has 0 saturated heterocycles. The third-order valence-electron chi connectivity index (χ3n) is 3.33. The Hall–Kier alpha value is -2.00. The molecule has 25 heavy (non-hydrogen) atoms. The number of alkyl halides is 3. The first-order valence-corrected chi connectivity index (χ1v) is 7.81. The van der Waals surface area contributed by atoms with E-state index in [0.29, 0.717) is 24.7 Å². The van der Waals surface area contributed by atoms with Gasteiger partial charge in [-0.3, -0.25) is 4.99 Å². The van der Waals surface area contributed by atoms with Crippen LogP contribution < -0.4 is 15.4 Å². The molecule has 142 valence electrons. The SMILES string of the molecule is CN=C(NCCN(C)CCOC)NCc1ccccc1OC(F)(F)F. The number of halogens is 3. The van der Waals surface area contributed by atoms with Crippen LogP contribution in [0.4, 0.5) is 13.2 Å². The van der Waals surface area contributed by atoms with Gasteiger partial charge in [-0.2, -0.15) is 0 Å². The standard InChI is InChI=1S/C16H25F3N4O2/c1-20-15(21-8-9-23(2)10-11-24-3)22-12-13-6-4-5-7-14(13)25-16(17,18)19/h4-7H,8-12H2,1-3H3,(H2,20,21,22). The molecule has 0 aromatic heterocycles. The number of benzene rings is 1. The van der Waals surface area contributed by atoms with Gasteiger partial charge >= 0.3 is 6.36 Å². The lowest BCUT2D eigenvalue weighted by molar-refractivity contribution is -0.274. The highest BCUT2D eigenvalue weighted by molar-refractivity contribution is 5.79. The summed E-state index contributed by atoms with van der Waals surface area (Å²) in [6, 6.07) is 6.00. The lowest BCUT2D eigenvalue weighted by atomic mass is 10.2. The lowest BCUT2D eigenvalue weighted by Crippen LogP contribution is -2.41. The molecule has 1 rings (SSSR count). The molecule has 6 nitrogen and oxygen atoms in total. The van der Waals surface area contributed by atoms with Gasteiger partial charge in [0.25, 0.3) is 0 Å². The van der Waals surface area contributed by atoms with Crippen molar-refractivity contribution in [3.63, 3.8) is 0 Å². The van der Waals surface area contributed by atoms with Crippen LogP contribution in [0.2, 0.25) is 0 Å². The predicted octanol–water partition coefficient (Wildman–Crippen LogP) is 1.83. The number of para-hydroxylation sites is 1. The normalized spacial score (nSPS) is 12.4. The molecule has 0 aliphatic heterocycles. The quantitative estimate of drug-likeness (QED) is 0.519. The van der Waals surface area contributed by atoms with Gasteiger partial charge in [0.15, 0.2) is 5.96 Å². The van der Waals surface area contributed by atoms with E-state index in [1.165, 1.54) is 12.1 Å². The summed E-state index contributed by atoms with van der Waals surface area (Å²) in [6.07, 6.45) is -4.72. The van der Waals surface area contributed by atoms with Gasteiger partial charge in [0.2, 0.25) is 0 Å². The minimum absolute atomic E-state index is 0.158. The van der Waals surface area contributed by atoms with Crippen molar-refractivity contribution in [3.05, 3.63) is 29.8 Å². The molecular formula is C16H25F3N4O2. The number of methoxy groups -OCH3 is 1. The van der Waals surface area contributed by atoms with Crippen LogP contribution in [0.5, 0.6) is 5.75 Å². The Labute approximate surface area is 146 Å². The van der Waals surface area contributed by atoms with E-state index in [2.05, 4.69) is 25.3 Å². The van der Waals surface area contributed by atoms with E-state index in [-0.39, 0.29) is 12.3 Å². The molecule has 2 N–H and O–H groups in total. The molecular weight excluding hydrogens is 337 g/mol. The first kappa shape index (κ1) is 21.0. The minimum atomic E-state index is -4.72. The zero-order chi connectivity index (χ0) is 18.7. The number of hydrogen-bond acceptors (Lipinski definition) is 4. The van der Waals surface area contributed by atoms with Crippen LogP contribution in [0.1, 0.15) is 5.56 Å². The maximum atomic E-state index is 12.4. The van der Waals surface area contributed by atoms with E-state index in [1.54, 1.807) is 26.3 Å². The molecule has 0 unspecified atom stereocenters. The molecule has 0 atom stereocenters. The first-order valence-electron chi connectivity index (χ1n) is 7.81. The zero-order valence-electron chi connectivity index (χ0n) is 14.7. The Morgan fingerprint density at radius 1 is 1.20 bits per heavy atom. The zero-order valence-corrected chi connectivity index (χ0v) is 14.7. The fourth-order valence-corrected chi connectivity index (χ4v) is 2.00. The Morgan fingerprint density at radius 2 is 1.92 bits per heavy atom. The highest BCUT2D eigenvalue weighted by Gasteiger charge is 2.31. The van der Waals surface area contributed by atoms with Crippen molar-refractivity contribution < 1.29 is 22.6 Å². The van der Waals surface area contributed by atoms with Crippen molar-refractivity contribution in [2.24, 2.45) is 4.99 Å². The molecule has 0 spiro atoms. The summed E-state index contributed by atoms with van der Waals surface area (Å²) in [5.74, 6) is 0.277. The number of nitrogens with one attached hydrogen (secondary N) is 2. The van der Waals surface area contributed by atoms with E-state index < -0.39 is 6.36 Å². The Balaban J connectivity index is 2.47. The van der Waals surface area contributed by atoms with Gasteiger partial charge in [0.1, 0.15) is 5.75 Å². The van der Waals surface area contributed by atoms with Crippen molar-refractivity contribution in [1.82, 2.24) is 15.5 Å². The molecule has 0 aliphatic rings. The monoisotopic (exact) mass is 362 g/mol. The van der Waals surface area contributed by atoms with Crippen molar-refractivity contribution >= 4 is 5.96 Å². The lowest BCUT2D eigenvalue weighted by Gasteiger charge is -2.18. The molecule has 9 heteroatoms. The summed E-state index contributed by atoms with van der Waals surface area (Å²) in [6.45, 7) is 3.04. The second-order valence-corrected chi connectivity index (χ2v) is 5.30. The first-order chi connectivity index (χ1) is 11.9. The maximum Gasteiger partial charge on any atom is 0.573 e. The third-order valence-corrected chi connectivity index (χ3v) is 3.33. The average molecular weight is 362 g/mol. The van der Waals surface area contributed by atoms with Gasteiger partial charge in [-0.15, -0.1) is 13.2 Å². The molecule has 0 bridgehead atoms. The molecule has 0 fully saturated rings. The smallest absolute Gasteiger partial charge is 0.405 e. The minimum Gasteiger partial charge on any atom is -0.405 e. The van der Waals surface area contributed by atoms with Crippen LogP contribution in [-0.2, 0) is 11.3 Å². The molecule has 0 saturated carbocycles. The molecule has 0 radical (unpaired) electrons. The van der Waals surface area contributed by atoms with Gasteiger partial charge in [-0.1, -0.05) is 18.2 Å². The second kappa shape index (κ2) is 10.8. The average Bonchev–Trinajstić information content (AvgIpc) is 2.55. The second-order valence-electron chi connectivity index (χ2n) is 5.30. The number of guanidine groups is 1. The molecule has 0 heterocycles. The van der Waals surface area contributed by atoms with Crippen LogP contribution in [0.25, 0.3) is 0 Å². The van der Waals surface area contributed by atoms with Gasteiger partial charge in [0.05, 0.1) is 6.61 Å². The Kier molecular flexibility index (Phi) is 9.07. The van der Waals surface area contributed by atoms with Crippen LogP contribution in [0, 0.1) is 0 Å². The summed E-state index contributed by atoms with van der Waals surface area (Å²) in [5, 5.41) is 6.09. The number of rotatable bonds is 9. The fraction of sp³-hybridized carbons (Fsp3) is 0.562. The van der Waals surface area contributed by atoms with Crippen LogP contribution >= 0.6 is 0 Å². The third kappa shape index (κ3) is 9.16. The Bertz CT molecular complexity index is 538. The van der Waals surface area contributed by atoms with Gasteiger partial charge in [0, 0.05) is 45.9 Å². The highest BCUT2D eigenvalue weighted by Crippen LogP contribution is 2.25. The fourth-order valence-electron chi connectivity index (χ4n) is 2.00. The number of ether oxygens (including phenoxy) is 2. The number of likely N-dealkylation sites (N-methyl/N-ethyl adjacent to an activating group) is 1.